The summed E-state index contributed by atoms with van der Waals surface area (Å²) in [5, 5.41) is 3.77. The van der Waals surface area contributed by atoms with Crippen molar-refractivity contribution in [3.63, 3.8) is 0 Å². The van der Waals surface area contributed by atoms with E-state index >= 15 is 0 Å². The molecule has 0 bridgehead atoms. The minimum absolute atomic E-state index is 0.475. The molecule has 1 unspecified atom stereocenters. The van der Waals surface area contributed by atoms with E-state index in [-0.39, 0.29) is 0 Å². The zero-order valence-electron chi connectivity index (χ0n) is 12.7. The summed E-state index contributed by atoms with van der Waals surface area (Å²) >= 11 is 3.55. The number of hydrogen-bond acceptors (Lipinski definition) is 2. The average Bonchev–Trinajstić information content (AvgIpc) is 2.36. The van der Waals surface area contributed by atoms with E-state index in [1.165, 1.54) is 22.9 Å². The lowest BCUT2D eigenvalue weighted by molar-refractivity contribution is 0.0943. The van der Waals surface area contributed by atoms with Crippen molar-refractivity contribution in [3.05, 3.63) is 34.3 Å². The molecule has 1 aromatic rings. The Morgan fingerprint density at radius 2 is 2.10 bits per heavy atom. The van der Waals surface area contributed by atoms with Crippen molar-refractivity contribution in [3.8, 4) is 0 Å². The highest BCUT2D eigenvalue weighted by Crippen LogP contribution is 2.38. The molecule has 1 aliphatic carbocycles. The number of ether oxygens (including phenoxy) is 1. The van der Waals surface area contributed by atoms with E-state index in [1.54, 1.807) is 0 Å². The Morgan fingerprint density at radius 1 is 1.35 bits per heavy atom. The van der Waals surface area contributed by atoms with Gasteiger partial charge in [0, 0.05) is 23.2 Å². The molecule has 0 aromatic heterocycles. The van der Waals surface area contributed by atoms with Crippen molar-refractivity contribution in [2.75, 3.05) is 13.2 Å². The van der Waals surface area contributed by atoms with Crippen molar-refractivity contribution in [2.45, 2.75) is 51.6 Å². The zero-order valence-corrected chi connectivity index (χ0v) is 14.3. The molecule has 0 saturated heterocycles. The van der Waals surface area contributed by atoms with Crippen molar-refractivity contribution in [1.82, 2.24) is 5.32 Å². The topological polar surface area (TPSA) is 21.3 Å². The molecule has 1 N–H and O–H groups in total. The molecule has 1 fully saturated rings. The van der Waals surface area contributed by atoms with Crippen molar-refractivity contribution < 1.29 is 4.74 Å². The third kappa shape index (κ3) is 4.31. The highest BCUT2D eigenvalue weighted by atomic mass is 79.9. The third-order valence-electron chi connectivity index (χ3n) is 4.21. The van der Waals surface area contributed by atoms with Gasteiger partial charge in [-0.15, -0.1) is 0 Å². The van der Waals surface area contributed by atoms with Gasteiger partial charge in [-0.25, -0.2) is 0 Å². The van der Waals surface area contributed by atoms with Crippen LogP contribution in [-0.2, 0) is 4.74 Å². The third-order valence-corrected chi connectivity index (χ3v) is 4.71. The molecule has 0 heterocycles. The fraction of sp³-hybridized carbons (Fsp3) is 0.647. The number of nitrogens with one attached hydrogen (secondary N) is 1. The van der Waals surface area contributed by atoms with Crippen LogP contribution in [0.1, 0.15) is 45.1 Å². The molecular formula is C17H26BrNO. The first-order valence-electron chi connectivity index (χ1n) is 7.69. The first-order chi connectivity index (χ1) is 9.60. The molecule has 0 radical (unpaired) electrons. The van der Waals surface area contributed by atoms with Gasteiger partial charge in [-0.2, -0.15) is 0 Å². The molecule has 2 rings (SSSR count). The minimum Gasteiger partial charge on any atom is -0.380 e. The second kappa shape index (κ2) is 7.58. The zero-order chi connectivity index (χ0) is 14.5. The Morgan fingerprint density at radius 3 is 2.70 bits per heavy atom. The maximum atomic E-state index is 5.58. The maximum absolute atomic E-state index is 5.58. The van der Waals surface area contributed by atoms with Crippen LogP contribution in [0, 0.1) is 5.92 Å². The molecule has 0 amide bonds. The molecular weight excluding hydrogens is 314 g/mol. The van der Waals surface area contributed by atoms with Gasteiger partial charge in [0.15, 0.2) is 0 Å². The Hall–Kier alpha value is -0.380. The van der Waals surface area contributed by atoms with Crippen molar-refractivity contribution >= 4 is 15.9 Å². The van der Waals surface area contributed by atoms with Crippen LogP contribution in [-0.4, -0.2) is 25.3 Å². The minimum atomic E-state index is 0.475. The molecule has 3 heteroatoms. The van der Waals surface area contributed by atoms with E-state index in [1.807, 2.05) is 0 Å². The van der Waals surface area contributed by atoms with Crippen LogP contribution in [0.5, 0.6) is 0 Å². The summed E-state index contributed by atoms with van der Waals surface area (Å²) < 4.78 is 6.77. The highest BCUT2D eigenvalue weighted by Gasteiger charge is 2.32. The molecule has 20 heavy (non-hydrogen) atoms. The van der Waals surface area contributed by atoms with Gasteiger partial charge in [0.25, 0.3) is 0 Å². The number of hydrogen-bond donors (Lipinski definition) is 1. The van der Waals surface area contributed by atoms with Gasteiger partial charge in [-0.05, 0) is 49.3 Å². The van der Waals surface area contributed by atoms with Gasteiger partial charge < -0.3 is 10.1 Å². The first-order valence-corrected chi connectivity index (χ1v) is 8.48. The Balaban J connectivity index is 1.80. The van der Waals surface area contributed by atoms with Gasteiger partial charge in [0.05, 0.1) is 6.61 Å². The number of rotatable bonds is 7. The van der Waals surface area contributed by atoms with Gasteiger partial charge in [-0.1, -0.05) is 41.9 Å². The summed E-state index contributed by atoms with van der Waals surface area (Å²) in [6.45, 7) is 8.22. The average molecular weight is 340 g/mol. The van der Waals surface area contributed by atoms with Gasteiger partial charge in [0.1, 0.15) is 0 Å². The van der Waals surface area contributed by atoms with Crippen LogP contribution >= 0.6 is 15.9 Å². The molecule has 1 aliphatic rings. The Bertz CT molecular complexity index is 415. The van der Waals surface area contributed by atoms with E-state index in [0.717, 1.165) is 13.2 Å². The van der Waals surface area contributed by atoms with Gasteiger partial charge in [0.2, 0.25) is 0 Å². The lowest BCUT2D eigenvalue weighted by Crippen LogP contribution is -2.49. The van der Waals surface area contributed by atoms with Crippen LogP contribution in [0.15, 0.2) is 28.7 Å². The van der Waals surface area contributed by atoms with Crippen molar-refractivity contribution in [1.29, 1.82) is 0 Å². The SMILES string of the molecule is CCOCC(NC1CC(c2cccc(Br)c2)C1)C(C)C. The highest BCUT2D eigenvalue weighted by molar-refractivity contribution is 9.10. The maximum Gasteiger partial charge on any atom is 0.0622 e. The van der Waals surface area contributed by atoms with Crippen molar-refractivity contribution in [2.24, 2.45) is 5.92 Å². The lowest BCUT2D eigenvalue weighted by atomic mass is 9.75. The van der Waals surface area contributed by atoms with Gasteiger partial charge in [-0.3, -0.25) is 0 Å². The number of halogens is 1. The number of benzene rings is 1. The van der Waals surface area contributed by atoms with Crippen LogP contribution < -0.4 is 5.32 Å². The van der Waals surface area contributed by atoms with Crippen LogP contribution in [0.2, 0.25) is 0 Å². The fourth-order valence-electron chi connectivity index (χ4n) is 2.77. The molecule has 112 valence electrons. The second-order valence-electron chi connectivity index (χ2n) is 6.10. The largest absolute Gasteiger partial charge is 0.380 e. The molecule has 0 spiro atoms. The monoisotopic (exact) mass is 339 g/mol. The normalized spacial score (nSPS) is 23.6. The summed E-state index contributed by atoms with van der Waals surface area (Å²) in [4.78, 5) is 0. The summed E-state index contributed by atoms with van der Waals surface area (Å²) in [7, 11) is 0. The Kier molecular flexibility index (Phi) is 6.06. The molecule has 2 nitrogen and oxygen atoms in total. The van der Waals surface area contributed by atoms with Crippen LogP contribution in [0.3, 0.4) is 0 Å². The van der Waals surface area contributed by atoms with Gasteiger partial charge >= 0.3 is 0 Å². The quantitative estimate of drug-likeness (QED) is 0.797. The summed E-state index contributed by atoms with van der Waals surface area (Å²) in [6, 6.07) is 9.84. The summed E-state index contributed by atoms with van der Waals surface area (Å²) in [5.74, 6) is 1.33. The standard InChI is InChI=1S/C17H26BrNO/c1-4-20-11-17(12(2)3)19-16-9-14(10-16)13-6-5-7-15(18)8-13/h5-8,12,14,16-17,19H,4,9-11H2,1-3H3. The first kappa shape index (κ1) is 16.0. The Labute approximate surface area is 131 Å². The van der Waals surface area contributed by atoms with E-state index < -0.39 is 0 Å². The molecule has 0 aliphatic heterocycles. The molecule has 1 aromatic carbocycles. The summed E-state index contributed by atoms with van der Waals surface area (Å²) in [5.41, 5.74) is 1.46. The summed E-state index contributed by atoms with van der Waals surface area (Å²) in [6.07, 6.45) is 2.48. The van der Waals surface area contributed by atoms with E-state index in [4.69, 9.17) is 4.74 Å². The van der Waals surface area contributed by atoms with E-state index in [2.05, 4.69) is 66.3 Å². The lowest BCUT2D eigenvalue weighted by Gasteiger charge is -2.39. The predicted octanol–water partition coefficient (Wildman–Crippen LogP) is 4.35. The fourth-order valence-corrected chi connectivity index (χ4v) is 3.18. The second-order valence-corrected chi connectivity index (χ2v) is 7.01. The van der Waals surface area contributed by atoms with E-state index in [9.17, 15) is 0 Å². The molecule has 1 saturated carbocycles. The van der Waals surface area contributed by atoms with E-state index in [0.29, 0.717) is 23.9 Å². The smallest absolute Gasteiger partial charge is 0.0622 e. The van der Waals surface area contributed by atoms with Crippen LogP contribution in [0.4, 0.5) is 0 Å². The van der Waals surface area contributed by atoms with Crippen LogP contribution in [0.25, 0.3) is 0 Å². The molecule has 1 atom stereocenters. The predicted molar refractivity (Wildman–Crippen MR) is 88.2 cm³/mol.